The van der Waals surface area contributed by atoms with Crippen molar-refractivity contribution in [2.45, 2.75) is 63.8 Å². The molecular weight excluding hydrogens is 660 g/mol. The van der Waals surface area contributed by atoms with Crippen LogP contribution in [-0.4, -0.2) is 126 Å². The Labute approximate surface area is 304 Å². The Hall–Kier alpha value is -4.63. The minimum atomic E-state index is -1.16. The molecule has 3 N–H and O–H groups in total. The van der Waals surface area contributed by atoms with E-state index in [9.17, 15) is 14.7 Å². The van der Waals surface area contributed by atoms with E-state index in [0.717, 1.165) is 58.0 Å². The van der Waals surface area contributed by atoms with Gasteiger partial charge in [-0.2, -0.15) is 4.98 Å². The number of allylic oxidation sites excluding steroid dienone is 1. The van der Waals surface area contributed by atoms with Crippen LogP contribution in [0.25, 0.3) is 16.9 Å². The number of benzene rings is 1. The fourth-order valence-electron chi connectivity index (χ4n) is 7.99. The molecule has 1 aromatic carbocycles. The highest BCUT2D eigenvalue weighted by Gasteiger charge is 2.32. The molecule has 5 heterocycles. The molecule has 52 heavy (non-hydrogen) atoms. The Balaban J connectivity index is 0.957. The summed E-state index contributed by atoms with van der Waals surface area (Å²) in [6, 6.07) is 14.9. The number of carboxylic acid groups (broad SMARTS) is 1. The highest BCUT2D eigenvalue weighted by Crippen LogP contribution is 2.29. The fourth-order valence-corrected chi connectivity index (χ4v) is 7.99. The number of hydrogen-bond acceptors (Lipinski definition) is 11. The van der Waals surface area contributed by atoms with Crippen molar-refractivity contribution < 1.29 is 15.0 Å². The molecule has 276 valence electrons. The van der Waals surface area contributed by atoms with E-state index in [1.165, 1.54) is 42.2 Å². The van der Waals surface area contributed by atoms with E-state index in [-0.39, 0.29) is 18.6 Å². The number of aromatic nitrogens is 5. The first-order chi connectivity index (χ1) is 25.1. The van der Waals surface area contributed by atoms with Crippen LogP contribution in [0, 0.1) is 0 Å². The zero-order valence-electron chi connectivity index (χ0n) is 30.2. The summed E-state index contributed by atoms with van der Waals surface area (Å²) < 4.78 is 3.17. The molecule has 0 unspecified atom stereocenters. The van der Waals surface area contributed by atoms with Gasteiger partial charge in [-0.3, -0.25) is 24.3 Å². The third-order valence-corrected chi connectivity index (χ3v) is 10.8. The number of anilines is 3. The Bertz CT molecular complexity index is 1930. The zero-order valence-corrected chi connectivity index (χ0v) is 30.2. The largest absolute Gasteiger partial charge is 0.480 e. The van der Waals surface area contributed by atoms with Crippen LogP contribution in [0.3, 0.4) is 0 Å². The molecular formula is C38H50N10O4. The van der Waals surface area contributed by atoms with E-state index >= 15 is 0 Å². The minimum Gasteiger partial charge on any atom is -0.480 e. The minimum absolute atomic E-state index is 0.151. The third kappa shape index (κ3) is 7.75. The van der Waals surface area contributed by atoms with Gasteiger partial charge in [0.25, 0.3) is 5.56 Å². The summed E-state index contributed by atoms with van der Waals surface area (Å²) in [6.45, 7) is 15.3. The molecule has 3 aromatic heterocycles. The fraction of sp³-hybridized carbons (Fsp3) is 0.500. The van der Waals surface area contributed by atoms with Gasteiger partial charge in [-0.1, -0.05) is 12.1 Å². The van der Waals surface area contributed by atoms with Crippen molar-refractivity contribution in [1.82, 2.24) is 39.0 Å². The SMILES string of the molecule is C=CCn1c(=O)c2cnc(Nc3ccc(N4CCN(C5CCC(N6CCN(CC(=O)O)CC6)CC5)CC4)cc3)nc2n1-c1cccc(C(C)(C)O)n1. The summed E-state index contributed by atoms with van der Waals surface area (Å²) in [6.07, 6.45) is 8.09. The lowest BCUT2D eigenvalue weighted by atomic mass is 9.88. The molecule has 14 heteroatoms. The maximum absolute atomic E-state index is 13.4. The summed E-state index contributed by atoms with van der Waals surface area (Å²) >= 11 is 0. The number of aliphatic carboxylic acids is 1. The molecule has 2 aliphatic heterocycles. The van der Waals surface area contributed by atoms with E-state index in [4.69, 9.17) is 10.1 Å². The van der Waals surface area contributed by atoms with Crippen LogP contribution in [-0.2, 0) is 16.9 Å². The molecule has 2 saturated heterocycles. The second-order valence-electron chi connectivity index (χ2n) is 14.7. The maximum Gasteiger partial charge on any atom is 0.317 e. The molecule has 0 bridgehead atoms. The second-order valence-corrected chi connectivity index (χ2v) is 14.7. The standard InChI is InChI=1S/C38H50N10O4/c1-4-16-47-36(51)31-25-39-37(42-35(31)48(47)33-7-5-6-32(41-33)38(2,3)52)40-27-8-10-28(11-9-27)45-21-23-46(24-22-45)30-14-12-29(13-15-30)44-19-17-43(18-20-44)26-34(49)50/h4-11,25,29-30,52H,1,12-24,26H2,2-3H3,(H,49,50)(H,39,40,42). The molecule has 7 rings (SSSR count). The van der Waals surface area contributed by atoms with Crippen LogP contribution in [0.2, 0.25) is 0 Å². The molecule has 0 amide bonds. The van der Waals surface area contributed by atoms with Gasteiger partial charge >= 0.3 is 5.97 Å². The Kier molecular flexibility index (Phi) is 10.4. The smallest absolute Gasteiger partial charge is 0.317 e. The number of rotatable bonds is 11. The number of aliphatic hydroxyl groups is 1. The first-order valence-corrected chi connectivity index (χ1v) is 18.4. The van der Waals surface area contributed by atoms with Crippen molar-refractivity contribution in [3.05, 3.63) is 77.4 Å². The number of carboxylic acids is 1. The Morgan fingerprint density at radius 1 is 0.923 bits per heavy atom. The van der Waals surface area contributed by atoms with Crippen molar-refractivity contribution in [3.8, 4) is 5.82 Å². The van der Waals surface area contributed by atoms with Gasteiger partial charge in [-0.25, -0.2) is 19.3 Å². The molecule has 0 spiro atoms. The van der Waals surface area contributed by atoms with Gasteiger partial charge in [0, 0.05) is 82.0 Å². The summed E-state index contributed by atoms with van der Waals surface area (Å²) in [7, 11) is 0. The van der Waals surface area contributed by atoms with Crippen molar-refractivity contribution in [1.29, 1.82) is 0 Å². The van der Waals surface area contributed by atoms with Crippen LogP contribution in [0.1, 0.15) is 45.2 Å². The quantitative estimate of drug-likeness (QED) is 0.196. The number of fused-ring (bicyclic) bond motifs is 1. The van der Waals surface area contributed by atoms with Crippen LogP contribution in [0.4, 0.5) is 17.3 Å². The number of hydrogen-bond donors (Lipinski definition) is 3. The monoisotopic (exact) mass is 710 g/mol. The first kappa shape index (κ1) is 35.8. The van der Waals surface area contributed by atoms with Gasteiger partial charge in [0.2, 0.25) is 5.95 Å². The van der Waals surface area contributed by atoms with Crippen LogP contribution < -0.4 is 15.8 Å². The van der Waals surface area contributed by atoms with Crippen LogP contribution in [0.5, 0.6) is 0 Å². The summed E-state index contributed by atoms with van der Waals surface area (Å²) in [5, 5.41) is 23.3. The lowest BCUT2D eigenvalue weighted by molar-refractivity contribution is -0.138. The molecule has 14 nitrogen and oxygen atoms in total. The first-order valence-electron chi connectivity index (χ1n) is 18.4. The maximum atomic E-state index is 13.4. The van der Waals surface area contributed by atoms with Gasteiger partial charge in [-0.15, -0.1) is 6.58 Å². The van der Waals surface area contributed by atoms with Gasteiger partial charge < -0.3 is 20.4 Å². The molecule has 0 atom stereocenters. The summed E-state index contributed by atoms with van der Waals surface area (Å²) in [5.74, 6) is 0.0762. The summed E-state index contributed by atoms with van der Waals surface area (Å²) in [4.78, 5) is 48.1. The zero-order chi connectivity index (χ0) is 36.4. The van der Waals surface area contributed by atoms with Crippen LogP contribution in [0.15, 0.2) is 66.1 Å². The number of nitrogens with zero attached hydrogens (tertiary/aromatic N) is 9. The van der Waals surface area contributed by atoms with E-state index in [1.54, 1.807) is 42.8 Å². The molecule has 3 aliphatic rings. The average molecular weight is 711 g/mol. The van der Waals surface area contributed by atoms with Crippen molar-refractivity contribution in [3.63, 3.8) is 0 Å². The van der Waals surface area contributed by atoms with Gasteiger partial charge in [-0.05, 0) is 75.9 Å². The molecule has 1 aliphatic carbocycles. The number of piperazine rings is 2. The average Bonchev–Trinajstić information content (AvgIpc) is 3.42. The van der Waals surface area contributed by atoms with Gasteiger partial charge in [0.1, 0.15) is 11.0 Å². The van der Waals surface area contributed by atoms with E-state index in [0.29, 0.717) is 40.6 Å². The Morgan fingerprint density at radius 2 is 1.56 bits per heavy atom. The highest BCUT2D eigenvalue weighted by atomic mass is 16.4. The number of nitrogens with one attached hydrogen (secondary N) is 1. The molecule has 0 radical (unpaired) electrons. The molecule has 4 aromatic rings. The van der Waals surface area contributed by atoms with Crippen molar-refractivity contribution in [2.24, 2.45) is 0 Å². The Morgan fingerprint density at radius 3 is 2.15 bits per heavy atom. The summed E-state index contributed by atoms with van der Waals surface area (Å²) in [5.41, 5.74) is 1.49. The second kappa shape index (κ2) is 15.2. The predicted octanol–water partition coefficient (Wildman–Crippen LogP) is 3.27. The molecule has 3 fully saturated rings. The van der Waals surface area contributed by atoms with E-state index in [2.05, 4.69) is 48.7 Å². The van der Waals surface area contributed by atoms with Crippen LogP contribution >= 0.6 is 0 Å². The predicted molar refractivity (Wildman–Crippen MR) is 202 cm³/mol. The normalized spacial score (nSPS) is 21.0. The van der Waals surface area contributed by atoms with Gasteiger partial charge in [0.05, 0.1) is 18.8 Å². The number of pyridine rings is 1. The van der Waals surface area contributed by atoms with E-state index < -0.39 is 11.6 Å². The van der Waals surface area contributed by atoms with Gasteiger partial charge in [0.15, 0.2) is 11.5 Å². The van der Waals surface area contributed by atoms with Crippen molar-refractivity contribution in [2.75, 3.05) is 69.1 Å². The highest BCUT2D eigenvalue weighted by molar-refractivity contribution is 5.77. The lowest BCUT2D eigenvalue weighted by Gasteiger charge is -2.45. The van der Waals surface area contributed by atoms with E-state index in [1.807, 2.05) is 17.0 Å². The lowest BCUT2D eigenvalue weighted by Crippen LogP contribution is -2.54. The van der Waals surface area contributed by atoms with Crippen molar-refractivity contribution >= 4 is 34.3 Å². The number of carbonyl (C=O) groups is 1. The topological polar surface area (TPSA) is 148 Å². The third-order valence-electron chi connectivity index (χ3n) is 10.8. The molecule has 1 saturated carbocycles.